The fraction of sp³-hybridized carbons (Fsp3) is 0.389. The molecular weight excluding hydrogens is 320 g/mol. The zero-order valence-electron chi connectivity index (χ0n) is 14.0. The van der Waals surface area contributed by atoms with Crippen molar-refractivity contribution in [2.75, 3.05) is 13.1 Å². The summed E-state index contributed by atoms with van der Waals surface area (Å²) in [7, 11) is 0. The zero-order valence-corrected chi connectivity index (χ0v) is 14.0. The van der Waals surface area contributed by atoms with E-state index in [9.17, 15) is 9.59 Å². The molecular formula is C18H22N4O3. The van der Waals surface area contributed by atoms with Crippen molar-refractivity contribution in [2.45, 2.75) is 25.5 Å². The number of ether oxygens (including phenoxy) is 1. The molecule has 2 amide bonds. The Labute approximate surface area is 146 Å². The number of para-hydroxylation sites is 1. The lowest BCUT2D eigenvalue weighted by Crippen LogP contribution is -2.49. The molecule has 1 aliphatic rings. The van der Waals surface area contributed by atoms with E-state index in [1.165, 1.54) is 0 Å². The Morgan fingerprint density at radius 1 is 1.24 bits per heavy atom. The van der Waals surface area contributed by atoms with Crippen LogP contribution in [0.5, 0.6) is 5.75 Å². The maximum atomic E-state index is 12.5. The standard InChI is InChI=1S/C18H22N4O3/c19-17(23)11-14-12-21(18(24)13-22-9-4-8-20-22)10-7-16(14)25-15-5-2-1-3-6-15/h1-6,8-9,14,16H,7,10-13H2,(H2,19,23)/t14-,16-/m0/s1. The van der Waals surface area contributed by atoms with E-state index in [1.54, 1.807) is 28.0 Å². The summed E-state index contributed by atoms with van der Waals surface area (Å²) in [5, 5.41) is 4.06. The van der Waals surface area contributed by atoms with Gasteiger partial charge in [-0.25, -0.2) is 0 Å². The van der Waals surface area contributed by atoms with Gasteiger partial charge in [-0.1, -0.05) is 18.2 Å². The van der Waals surface area contributed by atoms with E-state index in [-0.39, 0.29) is 36.8 Å². The highest BCUT2D eigenvalue weighted by Crippen LogP contribution is 2.25. The van der Waals surface area contributed by atoms with Gasteiger partial charge in [-0.3, -0.25) is 14.3 Å². The fourth-order valence-corrected chi connectivity index (χ4v) is 3.15. The van der Waals surface area contributed by atoms with E-state index in [1.807, 2.05) is 30.3 Å². The fourth-order valence-electron chi connectivity index (χ4n) is 3.15. The monoisotopic (exact) mass is 342 g/mol. The van der Waals surface area contributed by atoms with Crippen molar-refractivity contribution in [3.8, 4) is 5.75 Å². The molecule has 0 bridgehead atoms. The average Bonchev–Trinajstić information content (AvgIpc) is 3.10. The first-order valence-electron chi connectivity index (χ1n) is 8.37. The molecule has 0 spiro atoms. The van der Waals surface area contributed by atoms with Crippen LogP contribution in [0.2, 0.25) is 0 Å². The molecule has 1 saturated heterocycles. The Morgan fingerprint density at radius 2 is 2.04 bits per heavy atom. The maximum Gasteiger partial charge on any atom is 0.244 e. The van der Waals surface area contributed by atoms with Crippen LogP contribution >= 0.6 is 0 Å². The Balaban J connectivity index is 1.65. The predicted molar refractivity (Wildman–Crippen MR) is 91.6 cm³/mol. The Bertz CT molecular complexity index is 702. The van der Waals surface area contributed by atoms with E-state index >= 15 is 0 Å². The minimum atomic E-state index is -0.381. The first-order valence-corrected chi connectivity index (χ1v) is 8.37. The molecule has 7 nitrogen and oxygen atoms in total. The molecule has 7 heteroatoms. The summed E-state index contributed by atoms with van der Waals surface area (Å²) in [5.41, 5.74) is 5.40. The van der Waals surface area contributed by atoms with Crippen molar-refractivity contribution in [1.82, 2.24) is 14.7 Å². The largest absolute Gasteiger partial charge is 0.490 e. The summed E-state index contributed by atoms with van der Waals surface area (Å²) in [6.45, 7) is 1.24. The van der Waals surface area contributed by atoms with E-state index in [0.717, 1.165) is 5.75 Å². The van der Waals surface area contributed by atoms with Crippen LogP contribution in [0.4, 0.5) is 0 Å². The van der Waals surface area contributed by atoms with Gasteiger partial charge >= 0.3 is 0 Å². The first-order chi connectivity index (χ1) is 12.1. The number of carbonyl (C=O) groups is 2. The van der Waals surface area contributed by atoms with Crippen molar-refractivity contribution in [3.63, 3.8) is 0 Å². The molecule has 0 unspecified atom stereocenters. The lowest BCUT2D eigenvalue weighted by molar-refractivity contribution is -0.136. The number of aromatic nitrogens is 2. The number of benzene rings is 1. The van der Waals surface area contributed by atoms with Gasteiger partial charge in [0.05, 0.1) is 0 Å². The van der Waals surface area contributed by atoms with Crippen LogP contribution in [-0.2, 0) is 16.1 Å². The van der Waals surface area contributed by atoms with Crippen molar-refractivity contribution >= 4 is 11.8 Å². The number of piperidine rings is 1. The van der Waals surface area contributed by atoms with Gasteiger partial charge in [-0.2, -0.15) is 5.10 Å². The van der Waals surface area contributed by atoms with Gasteiger partial charge in [0.2, 0.25) is 11.8 Å². The number of carbonyl (C=O) groups excluding carboxylic acids is 2. The van der Waals surface area contributed by atoms with Crippen LogP contribution in [0.25, 0.3) is 0 Å². The summed E-state index contributed by atoms with van der Waals surface area (Å²) in [4.78, 5) is 25.7. The van der Waals surface area contributed by atoms with Gasteiger partial charge < -0.3 is 15.4 Å². The molecule has 0 radical (unpaired) electrons. The van der Waals surface area contributed by atoms with Crippen LogP contribution in [0.1, 0.15) is 12.8 Å². The highest BCUT2D eigenvalue weighted by atomic mass is 16.5. The molecule has 0 saturated carbocycles. The van der Waals surface area contributed by atoms with E-state index in [2.05, 4.69) is 5.10 Å². The summed E-state index contributed by atoms with van der Waals surface area (Å²) in [6, 6.07) is 11.3. The highest BCUT2D eigenvalue weighted by molar-refractivity contribution is 5.77. The van der Waals surface area contributed by atoms with Gasteiger partial charge in [-0.05, 0) is 18.2 Å². The van der Waals surface area contributed by atoms with E-state index < -0.39 is 0 Å². The lowest BCUT2D eigenvalue weighted by Gasteiger charge is -2.38. The Kier molecular flexibility index (Phi) is 5.33. The number of likely N-dealkylation sites (tertiary alicyclic amines) is 1. The third kappa shape index (κ3) is 4.59. The molecule has 1 aromatic heterocycles. The van der Waals surface area contributed by atoms with Gasteiger partial charge in [-0.15, -0.1) is 0 Å². The van der Waals surface area contributed by atoms with Crippen molar-refractivity contribution in [3.05, 3.63) is 48.8 Å². The topological polar surface area (TPSA) is 90.5 Å². The second kappa shape index (κ2) is 7.83. The molecule has 25 heavy (non-hydrogen) atoms. The highest BCUT2D eigenvalue weighted by Gasteiger charge is 2.34. The first kappa shape index (κ1) is 17.0. The lowest BCUT2D eigenvalue weighted by atomic mass is 9.91. The second-order valence-electron chi connectivity index (χ2n) is 6.23. The third-order valence-electron chi connectivity index (χ3n) is 4.37. The van der Waals surface area contributed by atoms with Crippen LogP contribution in [-0.4, -0.2) is 45.7 Å². The zero-order chi connectivity index (χ0) is 17.6. The minimum absolute atomic E-state index is 0.0173. The average molecular weight is 342 g/mol. The van der Waals surface area contributed by atoms with E-state index in [0.29, 0.717) is 19.5 Å². The van der Waals surface area contributed by atoms with Gasteiger partial charge in [0.1, 0.15) is 18.4 Å². The molecule has 2 aromatic rings. The van der Waals surface area contributed by atoms with Gasteiger partial charge in [0.15, 0.2) is 0 Å². The molecule has 3 rings (SSSR count). The normalized spacial score (nSPS) is 20.2. The molecule has 1 aliphatic heterocycles. The SMILES string of the molecule is NC(=O)C[C@H]1CN(C(=O)Cn2cccn2)CC[C@@H]1Oc1ccccc1. The number of amides is 2. The quantitative estimate of drug-likeness (QED) is 0.850. The van der Waals surface area contributed by atoms with Crippen LogP contribution in [0.3, 0.4) is 0 Å². The summed E-state index contributed by atoms with van der Waals surface area (Å²) < 4.78 is 7.63. The minimum Gasteiger partial charge on any atom is -0.490 e. The summed E-state index contributed by atoms with van der Waals surface area (Å²) >= 11 is 0. The number of nitrogens with zero attached hydrogens (tertiary/aromatic N) is 3. The molecule has 2 N–H and O–H groups in total. The molecule has 2 heterocycles. The number of nitrogens with two attached hydrogens (primary N) is 1. The summed E-state index contributed by atoms with van der Waals surface area (Å²) in [5.74, 6) is 0.246. The number of hydrogen-bond donors (Lipinski definition) is 1. The smallest absolute Gasteiger partial charge is 0.244 e. The second-order valence-corrected chi connectivity index (χ2v) is 6.23. The molecule has 2 atom stereocenters. The summed E-state index contributed by atoms with van der Waals surface area (Å²) in [6.07, 6.45) is 4.12. The van der Waals surface area contributed by atoms with Gasteiger partial charge in [0.25, 0.3) is 0 Å². The van der Waals surface area contributed by atoms with Crippen LogP contribution in [0, 0.1) is 5.92 Å². The van der Waals surface area contributed by atoms with Crippen molar-refractivity contribution < 1.29 is 14.3 Å². The number of rotatable bonds is 6. The predicted octanol–water partition coefficient (Wildman–Crippen LogP) is 1.05. The third-order valence-corrected chi connectivity index (χ3v) is 4.37. The van der Waals surface area contributed by atoms with E-state index in [4.69, 9.17) is 10.5 Å². The molecule has 132 valence electrons. The Hall–Kier alpha value is -2.83. The van der Waals surface area contributed by atoms with Crippen LogP contribution in [0.15, 0.2) is 48.8 Å². The number of primary amides is 1. The molecule has 1 aromatic carbocycles. The number of hydrogen-bond acceptors (Lipinski definition) is 4. The van der Waals surface area contributed by atoms with Gasteiger partial charge in [0, 0.05) is 44.2 Å². The Morgan fingerprint density at radius 3 is 2.72 bits per heavy atom. The van der Waals surface area contributed by atoms with Crippen LogP contribution < -0.4 is 10.5 Å². The molecule has 1 fully saturated rings. The van der Waals surface area contributed by atoms with Crippen molar-refractivity contribution in [1.29, 1.82) is 0 Å². The van der Waals surface area contributed by atoms with Crippen molar-refractivity contribution in [2.24, 2.45) is 11.7 Å². The molecule has 0 aliphatic carbocycles. The maximum absolute atomic E-state index is 12.5.